The van der Waals surface area contributed by atoms with Gasteiger partial charge in [-0.1, -0.05) is 12.1 Å². The molecule has 0 spiro atoms. The van der Waals surface area contributed by atoms with E-state index in [1.54, 1.807) is 42.6 Å². The quantitative estimate of drug-likeness (QED) is 0.840. The zero-order valence-corrected chi connectivity index (χ0v) is 11.3. The third-order valence-corrected chi connectivity index (χ3v) is 2.78. The third kappa shape index (κ3) is 3.41. The fraction of sp³-hybridized carbons (Fsp3) is 0.133. The lowest BCUT2D eigenvalue weighted by atomic mass is 10.1. The molecule has 2 aromatic rings. The maximum absolute atomic E-state index is 11.9. The number of pyridine rings is 1. The number of nitrogens with zero attached hydrogens (tertiary/aromatic N) is 1. The van der Waals surface area contributed by atoms with Crippen molar-refractivity contribution in [1.29, 1.82) is 0 Å². The van der Waals surface area contributed by atoms with Gasteiger partial charge in [-0.2, -0.15) is 0 Å². The molecule has 2 rings (SSSR count). The van der Waals surface area contributed by atoms with Crippen LogP contribution in [0.15, 0.2) is 42.6 Å². The number of aromatic nitrogens is 1. The van der Waals surface area contributed by atoms with Gasteiger partial charge >= 0.3 is 6.03 Å². The lowest BCUT2D eigenvalue weighted by Crippen LogP contribution is -2.20. The molecule has 0 aliphatic carbocycles. The first kappa shape index (κ1) is 13.7. The van der Waals surface area contributed by atoms with Crippen LogP contribution in [0.3, 0.4) is 0 Å². The number of hydrogen-bond donors (Lipinski definition) is 2. The van der Waals surface area contributed by atoms with Crippen LogP contribution in [0, 0.1) is 6.92 Å². The fourth-order valence-electron chi connectivity index (χ4n) is 1.72. The van der Waals surface area contributed by atoms with Gasteiger partial charge in [0.2, 0.25) is 0 Å². The van der Waals surface area contributed by atoms with Crippen LogP contribution in [0.25, 0.3) is 0 Å². The van der Waals surface area contributed by atoms with Crippen LogP contribution in [0.1, 0.15) is 23.0 Å². The maximum atomic E-state index is 11.9. The van der Waals surface area contributed by atoms with Crippen molar-refractivity contribution in [2.75, 3.05) is 10.6 Å². The molecule has 5 heteroatoms. The predicted molar refractivity (Wildman–Crippen MR) is 78.1 cm³/mol. The van der Waals surface area contributed by atoms with E-state index in [0.29, 0.717) is 16.9 Å². The molecule has 5 nitrogen and oxygen atoms in total. The van der Waals surface area contributed by atoms with Crippen molar-refractivity contribution in [3.05, 3.63) is 53.9 Å². The van der Waals surface area contributed by atoms with E-state index >= 15 is 0 Å². The lowest BCUT2D eigenvalue weighted by molar-refractivity contribution is 0.101. The molecule has 2 amide bonds. The molecule has 0 atom stereocenters. The molecule has 0 saturated carbocycles. The first-order valence-electron chi connectivity index (χ1n) is 6.17. The first-order valence-corrected chi connectivity index (χ1v) is 6.17. The summed E-state index contributed by atoms with van der Waals surface area (Å²) in [6.45, 7) is 3.30. The fourth-order valence-corrected chi connectivity index (χ4v) is 1.72. The highest BCUT2D eigenvalue weighted by molar-refractivity contribution is 6.01. The molecular formula is C15H15N3O2. The largest absolute Gasteiger partial charge is 0.323 e. The Kier molecular flexibility index (Phi) is 4.10. The summed E-state index contributed by atoms with van der Waals surface area (Å²) in [6, 6.07) is 9.94. The van der Waals surface area contributed by atoms with Crippen molar-refractivity contribution >= 4 is 23.2 Å². The van der Waals surface area contributed by atoms with Crippen LogP contribution in [0.5, 0.6) is 0 Å². The Hall–Kier alpha value is -2.69. The van der Waals surface area contributed by atoms with Crippen molar-refractivity contribution in [1.82, 2.24) is 4.98 Å². The summed E-state index contributed by atoms with van der Waals surface area (Å²) in [5.41, 5.74) is 2.50. The van der Waals surface area contributed by atoms with Gasteiger partial charge in [0.25, 0.3) is 0 Å². The Morgan fingerprint density at radius 1 is 1.10 bits per heavy atom. The summed E-state index contributed by atoms with van der Waals surface area (Å²) in [7, 11) is 0. The van der Waals surface area contributed by atoms with Gasteiger partial charge in [0.1, 0.15) is 0 Å². The molecule has 2 N–H and O–H groups in total. The number of carbonyl (C=O) groups is 2. The normalized spacial score (nSPS) is 9.90. The van der Waals surface area contributed by atoms with Crippen LogP contribution in [-0.4, -0.2) is 16.8 Å². The van der Waals surface area contributed by atoms with Crippen LogP contribution in [0.4, 0.5) is 16.2 Å². The molecule has 0 radical (unpaired) electrons. The van der Waals surface area contributed by atoms with Gasteiger partial charge < -0.3 is 10.6 Å². The second-order valence-electron chi connectivity index (χ2n) is 4.35. The van der Waals surface area contributed by atoms with Gasteiger partial charge in [-0.05, 0) is 38.1 Å². The Bertz CT molecular complexity index is 653. The minimum Gasteiger partial charge on any atom is -0.308 e. The summed E-state index contributed by atoms with van der Waals surface area (Å²) < 4.78 is 0. The Balaban J connectivity index is 2.07. The smallest absolute Gasteiger partial charge is 0.308 e. The molecule has 1 heterocycles. The highest BCUT2D eigenvalue weighted by Crippen LogP contribution is 2.13. The van der Waals surface area contributed by atoms with Crippen molar-refractivity contribution in [3.63, 3.8) is 0 Å². The average molecular weight is 269 g/mol. The summed E-state index contributed by atoms with van der Waals surface area (Å²) in [5, 5.41) is 5.39. The van der Waals surface area contributed by atoms with Crippen molar-refractivity contribution in [2.24, 2.45) is 0 Å². The molecule has 0 bridgehead atoms. The van der Waals surface area contributed by atoms with E-state index in [1.807, 2.05) is 6.92 Å². The van der Waals surface area contributed by atoms with Crippen LogP contribution >= 0.6 is 0 Å². The van der Waals surface area contributed by atoms with E-state index in [0.717, 1.165) is 5.69 Å². The van der Waals surface area contributed by atoms with E-state index in [1.165, 1.54) is 6.92 Å². The second kappa shape index (κ2) is 5.97. The monoisotopic (exact) mass is 269 g/mol. The molecule has 0 unspecified atom stereocenters. The zero-order valence-electron chi connectivity index (χ0n) is 11.3. The van der Waals surface area contributed by atoms with E-state index in [-0.39, 0.29) is 11.8 Å². The summed E-state index contributed by atoms with van der Waals surface area (Å²) in [5.74, 6) is -0.0443. The van der Waals surface area contributed by atoms with Gasteiger partial charge in [-0.15, -0.1) is 0 Å². The Morgan fingerprint density at radius 2 is 1.90 bits per heavy atom. The SMILES string of the molecule is CC(=O)c1cccc(NC(=O)Nc2cccnc2C)c1. The van der Waals surface area contributed by atoms with E-state index < -0.39 is 0 Å². The van der Waals surface area contributed by atoms with Gasteiger partial charge in [0.15, 0.2) is 5.78 Å². The number of rotatable bonds is 3. The van der Waals surface area contributed by atoms with Gasteiger partial charge in [0, 0.05) is 17.4 Å². The summed E-state index contributed by atoms with van der Waals surface area (Å²) in [6.07, 6.45) is 1.66. The predicted octanol–water partition coefficient (Wildman–Crippen LogP) is 3.24. The zero-order chi connectivity index (χ0) is 14.5. The van der Waals surface area contributed by atoms with E-state index in [2.05, 4.69) is 15.6 Å². The number of hydrogen-bond acceptors (Lipinski definition) is 3. The molecule has 20 heavy (non-hydrogen) atoms. The first-order chi connectivity index (χ1) is 9.56. The van der Waals surface area contributed by atoms with Crippen molar-refractivity contribution in [2.45, 2.75) is 13.8 Å². The number of amides is 2. The molecule has 1 aromatic heterocycles. The molecule has 0 aliphatic rings. The summed E-state index contributed by atoms with van der Waals surface area (Å²) >= 11 is 0. The summed E-state index contributed by atoms with van der Waals surface area (Å²) in [4.78, 5) is 27.3. The van der Waals surface area contributed by atoms with Gasteiger partial charge in [-0.3, -0.25) is 9.78 Å². The number of carbonyl (C=O) groups excluding carboxylic acids is 2. The van der Waals surface area contributed by atoms with Gasteiger partial charge in [0.05, 0.1) is 11.4 Å². The maximum Gasteiger partial charge on any atom is 0.323 e. The number of benzene rings is 1. The van der Waals surface area contributed by atoms with Crippen molar-refractivity contribution in [3.8, 4) is 0 Å². The standard InChI is InChI=1S/C15H15N3O2/c1-10-14(7-4-8-16-10)18-15(20)17-13-6-3-5-12(9-13)11(2)19/h3-9H,1-2H3,(H2,17,18,20). The Labute approximate surface area is 117 Å². The average Bonchev–Trinajstić information content (AvgIpc) is 2.41. The molecule has 0 saturated heterocycles. The Morgan fingerprint density at radius 3 is 2.60 bits per heavy atom. The molecule has 1 aromatic carbocycles. The number of ketones is 1. The van der Waals surface area contributed by atoms with E-state index in [9.17, 15) is 9.59 Å². The van der Waals surface area contributed by atoms with Crippen molar-refractivity contribution < 1.29 is 9.59 Å². The molecular weight excluding hydrogens is 254 g/mol. The molecule has 0 fully saturated rings. The van der Waals surface area contributed by atoms with E-state index in [4.69, 9.17) is 0 Å². The van der Waals surface area contributed by atoms with Gasteiger partial charge in [-0.25, -0.2) is 4.79 Å². The number of nitrogens with one attached hydrogen (secondary N) is 2. The minimum absolute atomic E-state index is 0.0443. The van der Waals surface area contributed by atoms with Crippen LogP contribution < -0.4 is 10.6 Å². The minimum atomic E-state index is -0.373. The highest BCUT2D eigenvalue weighted by Gasteiger charge is 2.06. The number of anilines is 2. The van der Waals surface area contributed by atoms with Crippen LogP contribution in [-0.2, 0) is 0 Å². The lowest BCUT2D eigenvalue weighted by Gasteiger charge is -2.09. The second-order valence-corrected chi connectivity index (χ2v) is 4.35. The van der Waals surface area contributed by atoms with Crippen LogP contribution in [0.2, 0.25) is 0 Å². The number of aryl methyl sites for hydroxylation is 1. The number of urea groups is 1. The number of Topliss-reactive ketones (excluding diaryl/α,β-unsaturated/α-hetero) is 1. The topological polar surface area (TPSA) is 71.1 Å². The highest BCUT2D eigenvalue weighted by atomic mass is 16.2. The third-order valence-electron chi connectivity index (χ3n) is 2.78. The molecule has 0 aliphatic heterocycles. The molecule has 102 valence electrons.